The van der Waals surface area contributed by atoms with E-state index in [1.54, 1.807) is 0 Å². The van der Waals surface area contributed by atoms with E-state index in [2.05, 4.69) is 143 Å². The maximum atomic E-state index is 6.92. The van der Waals surface area contributed by atoms with Crippen LogP contribution in [0.1, 0.15) is 0 Å². The zero-order valence-electron chi connectivity index (χ0n) is 21.6. The van der Waals surface area contributed by atoms with Crippen LogP contribution in [0.3, 0.4) is 0 Å². The second-order valence-corrected chi connectivity index (χ2v) is 10.5. The Morgan fingerprint density at radius 2 is 0.750 bits per heavy atom. The molecule has 4 heteroatoms. The van der Waals surface area contributed by atoms with Crippen LogP contribution in [0.4, 0.5) is 0 Å². The Morgan fingerprint density at radius 3 is 1.20 bits per heavy atom. The first-order valence-electron chi connectivity index (χ1n) is 13.6. The summed E-state index contributed by atoms with van der Waals surface area (Å²) >= 11 is 0. The number of fused-ring (bicyclic) bond motifs is 11. The van der Waals surface area contributed by atoms with Gasteiger partial charge in [-0.1, -0.05) is 84.9 Å². The van der Waals surface area contributed by atoms with E-state index in [-0.39, 0.29) is 0 Å². The van der Waals surface area contributed by atoms with Crippen molar-refractivity contribution in [2.75, 3.05) is 5.84 Å². The van der Waals surface area contributed by atoms with Crippen molar-refractivity contribution in [2.45, 2.75) is 0 Å². The second-order valence-electron chi connectivity index (χ2n) is 10.5. The molecule has 40 heavy (non-hydrogen) atoms. The highest BCUT2D eigenvalue weighted by Gasteiger charge is 2.23. The molecule has 0 unspecified atom stereocenters. The first-order chi connectivity index (χ1) is 19.8. The van der Waals surface area contributed by atoms with E-state index in [9.17, 15) is 0 Å². The Bertz CT molecular complexity index is 2250. The van der Waals surface area contributed by atoms with Crippen molar-refractivity contribution >= 4 is 65.4 Å². The number of hydrogen-bond donors (Lipinski definition) is 1. The summed E-state index contributed by atoms with van der Waals surface area (Å²) < 4.78 is 6.67. The Labute approximate surface area is 229 Å². The molecule has 0 aliphatic heterocycles. The van der Waals surface area contributed by atoms with Gasteiger partial charge >= 0.3 is 0 Å². The number of para-hydroxylation sites is 4. The van der Waals surface area contributed by atoms with Crippen LogP contribution < -0.4 is 5.84 Å². The maximum absolute atomic E-state index is 6.92. The van der Waals surface area contributed by atoms with E-state index in [0.717, 1.165) is 22.4 Å². The smallest absolute Gasteiger partial charge is 0.0725 e. The molecule has 0 aliphatic rings. The molecule has 9 rings (SSSR count). The van der Waals surface area contributed by atoms with Crippen molar-refractivity contribution in [3.05, 3.63) is 133 Å². The molecule has 0 aliphatic carbocycles. The number of nitrogens with zero attached hydrogens (tertiary/aromatic N) is 3. The van der Waals surface area contributed by atoms with E-state index in [0.29, 0.717) is 0 Å². The quantitative estimate of drug-likeness (QED) is 0.231. The van der Waals surface area contributed by atoms with Crippen LogP contribution >= 0.6 is 0 Å². The average molecular weight is 513 g/mol. The van der Waals surface area contributed by atoms with E-state index in [1.807, 2.05) is 4.68 Å². The molecule has 0 spiro atoms. The molecule has 0 fully saturated rings. The van der Waals surface area contributed by atoms with E-state index < -0.39 is 0 Å². The first-order valence-corrected chi connectivity index (χ1v) is 13.6. The second kappa shape index (κ2) is 7.78. The molecule has 3 heterocycles. The number of nitrogen functional groups attached to an aromatic ring is 1. The van der Waals surface area contributed by atoms with Crippen LogP contribution in [0.25, 0.3) is 76.8 Å². The SMILES string of the molecule is Nn1c2ccc3c4ccccc4n(-c4ccccc4)c3c2c2c1ccc1c3ccccc3n(-c3ccccc3)c12. The summed E-state index contributed by atoms with van der Waals surface area (Å²) in [6.45, 7) is 0. The van der Waals surface area contributed by atoms with Crippen LogP contribution in [0.15, 0.2) is 133 Å². The molecule has 0 radical (unpaired) electrons. The van der Waals surface area contributed by atoms with Crippen molar-refractivity contribution in [3.63, 3.8) is 0 Å². The Kier molecular flexibility index (Phi) is 4.17. The summed E-state index contributed by atoms with van der Waals surface area (Å²) in [6.07, 6.45) is 0. The molecular weight excluding hydrogens is 488 g/mol. The molecule has 0 saturated carbocycles. The van der Waals surface area contributed by atoms with Crippen molar-refractivity contribution in [3.8, 4) is 11.4 Å². The molecule has 0 saturated heterocycles. The lowest BCUT2D eigenvalue weighted by atomic mass is 10.0. The highest BCUT2D eigenvalue weighted by molar-refractivity contribution is 6.32. The number of hydrogen-bond acceptors (Lipinski definition) is 1. The summed E-state index contributed by atoms with van der Waals surface area (Å²) in [4.78, 5) is 0. The lowest BCUT2D eigenvalue weighted by Crippen LogP contribution is -2.06. The largest absolute Gasteiger partial charge is 0.339 e. The van der Waals surface area contributed by atoms with Gasteiger partial charge in [-0.05, 0) is 48.5 Å². The molecule has 9 aromatic rings. The van der Waals surface area contributed by atoms with Crippen molar-refractivity contribution in [1.29, 1.82) is 0 Å². The topological polar surface area (TPSA) is 40.8 Å². The molecule has 4 nitrogen and oxygen atoms in total. The van der Waals surface area contributed by atoms with Gasteiger partial charge < -0.3 is 15.0 Å². The standard InChI is InChI=1S/C36H24N4/c37-40-31-21-19-27-25-15-7-9-17-29(25)38(23-11-3-1-4-12-23)35(27)33(31)34-32(40)22-20-28-26-16-8-10-18-30(26)39(36(28)34)24-13-5-2-6-14-24/h1-22H,37H2. The number of aromatic nitrogens is 3. The maximum Gasteiger partial charge on any atom is 0.0725 e. The van der Waals surface area contributed by atoms with Crippen LogP contribution in [0.5, 0.6) is 0 Å². The van der Waals surface area contributed by atoms with Gasteiger partial charge in [0.25, 0.3) is 0 Å². The van der Waals surface area contributed by atoms with Crippen LogP contribution in [-0.2, 0) is 0 Å². The molecule has 6 aromatic carbocycles. The zero-order valence-corrected chi connectivity index (χ0v) is 21.6. The van der Waals surface area contributed by atoms with Crippen LogP contribution in [0.2, 0.25) is 0 Å². The molecule has 0 atom stereocenters. The van der Waals surface area contributed by atoms with Crippen molar-refractivity contribution < 1.29 is 0 Å². The minimum Gasteiger partial charge on any atom is -0.339 e. The zero-order chi connectivity index (χ0) is 26.4. The summed E-state index contributed by atoms with van der Waals surface area (Å²) in [7, 11) is 0. The fraction of sp³-hybridized carbons (Fsp3) is 0. The summed E-state index contributed by atoms with van der Waals surface area (Å²) in [5, 5.41) is 7.24. The van der Waals surface area contributed by atoms with Gasteiger partial charge in [0.15, 0.2) is 0 Å². The Hall–Kier alpha value is -5.48. The molecule has 188 valence electrons. The first kappa shape index (κ1) is 21.5. The third kappa shape index (κ3) is 2.65. The average Bonchev–Trinajstić information content (AvgIpc) is 3.64. The predicted molar refractivity (Wildman–Crippen MR) is 168 cm³/mol. The van der Waals surface area contributed by atoms with Gasteiger partial charge in [0.1, 0.15) is 0 Å². The molecule has 0 bridgehead atoms. The lowest BCUT2D eigenvalue weighted by Gasteiger charge is -2.10. The monoisotopic (exact) mass is 512 g/mol. The van der Waals surface area contributed by atoms with Crippen molar-refractivity contribution in [1.82, 2.24) is 13.8 Å². The molecule has 3 aromatic heterocycles. The van der Waals surface area contributed by atoms with Gasteiger partial charge in [-0.3, -0.25) is 4.68 Å². The van der Waals surface area contributed by atoms with Crippen molar-refractivity contribution in [2.24, 2.45) is 0 Å². The van der Waals surface area contributed by atoms with E-state index in [4.69, 9.17) is 5.84 Å². The molecular formula is C36H24N4. The van der Waals surface area contributed by atoms with Crippen LogP contribution in [-0.4, -0.2) is 13.8 Å². The minimum absolute atomic E-state index is 1.01. The number of nitrogens with two attached hydrogens (primary N) is 1. The normalized spacial score (nSPS) is 12.1. The van der Waals surface area contributed by atoms with Gasteiger partial charge in [-0.15, -0.1) is 0 Å². The minimum atomic E-state index is 1.01. The third-order valence-corrected chi connectivity index (χ3v) is 8.43. The summed E-state index contributed by atoms with van der Waals surface area (Å²) in [5.41, 5.74) is 9.02. The van der Waals surface area contributed by atoms with Gasteiger partial charge in [0, 0.05) is 43.7 Å². The highest BCUT2D eigenvalue weighted by atomic mass is 15.3. The number of benzene rings is 6. The van der Waals surface area contributed by atoms with Crippen LogP contribution in [0, 0.1) is 0 Å². The van der Waals surface area contributed by atoms with Gasteiger partial charge in [-0.25, -0.2) is 0 Å². The lowest BCUT2D eigenvalue weighted by molar-refractivity contribution is 1.12. The number of rotatable bonds is 2. The van der Waals surface area contributed by atoms with Gasteiger partial charge in [0.05, 0.1) is 33.1 Å². The fourth-order valence-electron chi connectivity index (χ4n) is 6.81. The summed E-state index contributed by atoms with van der Waals surface area (Å²) in [5.74, 6) is 6.92. The Balaban J connectivity index is 1.62. The van der Waals surface area contributed by atoms with Gasteiger partial charge in [0.2, 0.25) is 0 Å². The van der Waals surface area contributed by atoms with E-state index >= 15 is 0 Å². The third-order valence-electron chi connectivity index (χ3n) is 8.43. The Morgan fingerprint density at radius 1 is 0.350 bits per heavy atom. The van der Waals surface area contributed by atoms with Gasteiger partial charge in [-0.2, -0.15) is 0 Å². The highest BCUT2D eigenvalue weighted by Crippen LogP contribution is 2.44. The fourth-order valence-corrected chi connectivity index (χ4v) is 6.81. The predicted octanol–water partition coefficient (Wildman–Crippen LogP) is 8.70. The molecule has 0 amide bonds. The molecule has 2 N–H and O–H groups in total. The van der Waals surface area contributed by atoms with E-state index in [1.165, 1.54) is 54.4 Å². The summed E-state index contributed by atoms with van der Waals surface area (Å²) in [6, 6.07) is 47.5.